The van der Waals surface area contributed by atoms with E-state index in [-0.39, 0.29) is 0 Å². The number of allylic oxidation sites excluding steroid dienone is 1. The van der Waals surface area contributed by atoms with E-state index in [1.165, 1.54) is 0 Å². The van der Waals surface area contributed by atoms with Crippen molar-refractivity contribution in [3.05, 3.63) is 326 Å². The van der Waals surface area contributed by atoms with Gasteiger partial charge in [0.05, 0.1) is 56.9 Å². The predicted molar refractivity (Wildman–Crippen MR) is 352 cm³/mol. The summed E-state index contributed by atoms with van der Waals surface area (Å²) in [4.78, 5) is 0. The number of rotatable bonds is 16. The summed E-state index contributed by atoms with van der Waals surface area (Å²) in [6.45, 7) is 0. The molecule has 10 aromatic carbocycles. The molecule has 8 heteroatoms. The van der Waals surface area contributed by atoms with Gasteiger partial charge in [-0.05, 0) is 95.8 Å². The zero-order valence-corrected chi connectivity index (χ0v) is 47.6. The number of hydrogen-bond acceptors (Lipinski definition) is 5. The molecular formula is C78H62N8. The Morgan fingerprint density at radius 3 is 1.06 bits per heavy atom. The van der Waals surface area contributed by atoms with Crippen molar-refractivity contribution in [2.75, 3.05) is 5.32 Å². The molecule has 2 N–H and O–H groups in total. The smallest absolute Gasteiger partial charge is 0.0934 e. The monoisotopic (exact) mass is 1110 g/mol. The lowest BCUT2D eigenvalue weighted by Gasteiger charge is -2.39. The van der Waals surface area contributed by atoms with Crippen molar-refractivity contribution in [3.8, 4) is 84.6 Å². The fourth-order valence-electron chi connectivity index (χ4n) is 12.3. The normalized spacial score (nSPS) is 13.1. The molecule has 0 aliphatic heterocycles. The molecule has 3 heterocycles. The standard InChI is InChI=1S/C78H62N8/c79-70(56-28-10-1-11-29-56)52-71(57-30-12-2-13-31-57)80-66-46-64(47-67(50-66)84-75(61-38-20-6-21-39-61)53-72(81-84)58-32-14-3-15-33-58)78(44-26-9-27-45-78)65-48-68(85-76(62-40-22-7-23-41-62)54-73(82-85)59-34-16-4-17-35-59)51-69(49-65)86-77(63-42-24-8-25-43-63)55-74(83-86)60-36-18-5-19-37-60/h1-8,10-25,28-43,46-55,79-80H,9,26-27,44-45H2. The van der Waals surface area contributed by atoms with E-state index in [9.17, 15) is 5.41 Å². The minimum absolute atomic E-state index is 0.403. The summed E-state index contributed by atoms with van der Waals surface area (Å²) in [5.41, 5.74) is 20.3. The summed E-state index contributed by atoms with van der Waals surface area (Å²) < 4.78 is 6.42. The molecule has 0 unspecified atom stereocenters. The molecular weight excluding hydrogens is 1050 g/mol. The molecule has 0 radical (unpaired) electrons. The molecule has 0 saturated heterocycles. The van der Waals surface area contributed by atoms with Gasteiger partial charge in [-0.3, -0.25) is 0 Å². The first-order valence-corrected chi connectivity index (χ1v) is 29.6. The maximum atomic E-state index is 9.48. The van der Waals surface area contributed by atoms with Gasteiger partial charge in [0.1, 0.15) is 0 Å². The Bertz CT molecular complexity index is 4350. The zero-order valence-electron chi connectivity index (χ0n) is 47.6. The molecule has 1 aliphatic rings. The molecule has 1 fully saturated rings. The lowest BCUT2D eigenvalue weighted by molar-refractivity contribution is 0.346. The topological polar surface area (TPSA) is 89.3 Å². The quantitative estimate of drug-likeness (QED) is 0.0944. The summed E-state index contributed by atoms with van der Waals surface area (Å²) in [7, 11) is 0. The molecule has 14 rings (SSSR count). The van der Waals surface area contributed by atoms with Crippen LogP contribution in [0.2, 0.25) is 0 Å². The van der Waals surface area contributed by atoms with Crippen LogP contribution in [0, 0.1) is 5.41 Å². The molecule has 8 nitrogen and oxygen atoms in total. The second-order valence-corrected chi connectivity index (χ2v) is 22.2. The second-order valence-electron chi connectivity index (χ2n) is 22.2. The number of aromatic nitrogens is 6. The molecule has 1 saturated carbocycles. The molecule has 0 amide bonds. The average Bonchev–Trinajstić information content (AvgIpc) is 2.94. The van der Waals surface area contributed by atoms with Crippen LogP contribution < -0.4 is 5.32 Å². The van der Waals surface area contributed by atoms with Crippen molar-refractivity contribution in [1.29, 1.82) is 5.41 Å². The summed E-state index contributed by atoms with van der Waals surface area (Å²) in [6, 6.07) is 104. The summed E-state index contributed by atoms with van der Waals surface area (Å²) in [5, 5.41) is 30.1. The van der Waals surface area contributed by atoms with E-state index in [0.717, 1.165) is 150 Å². The van der Waals surface area contributed by atoms with Crippen LogP contribution in [0.1, 0.15) is 54.4 Å². The first kappa shape index (κ1) is 53.1. The maximum Gasteiger partial charge on any atom is 0.0934 e. The third-order valence-electron chi connectivity index (χ3n) is 16.6. The third kappa shape index (κ3) is 10.8. The van der Waals surface area contributed by atoms with Crippen molar-refractivity contribution in [1.82, 2.24) is 29.3 Å². The van der Waals surface area contributed by atoms with Crippen molar-refractivity contribution < 1.29 is 0 Å². The van der Waals surface area contributed by atoms with E-state index in [1.54, 1.807) is 0 Å². The lowest BCUT2D eigenvalue weighted by atomic mass is 9.65. The van der Waals surface area contributed by atoms with Gasteiger partial charge in [-0.15, -0.1) is 0 Å². The number of hydrogen-bond donors (Lipinski definition) is 2. The van der Waals surface area contributed by atoms with Crippen LogP contribution in [0.4, 0.5) is 5.69 Å². The summed E-state index contributed by atoms with van der Waals surface area (Å²) in [5.74, 6) is 0. The van der Waals surface area contributed by atoms with Crippen LogP contribution >= 0.6 is 0 Å². The van der Waals surface area contributed by atoms with Gasteiger partial charge in [0.25, 0.3) is 0 Å². The SMILES string of the molecule is N=C(C=C(Nc1cc(-n2nc(-c3ccccc3)cc2-c2ccccc2)cc(C2(c3cc(-n4nc(-c5ccccc5)cc4-c4ccccc4)cc(-n4nc(-c5ccccc5)cc4-c4ccccc4)c3)CCCCC2)c1)c1ccccc1)c1ccccc1. The third-order valence-corrected chi connectivity index (χ3v) is 16.6. The highest BCUT2D eigenvalue weighted by atomic mass is 15.3. The fourth-order valence-corrected chi connectivity index (χ4v) is 12.3. The van der Waals surface area contributed by atoms with Gasteiger partial charge in [0.15, 0.2) is 0 Å². The van der Waals surface area contributed by atoms with E-state index >= 15 is 0 Å². The van der Waals surface area contributed by atoms with Crippen LogP contribution in [0.3, 0.4) is 0 Å². The van der Waals surface area contributed by atoms with Crippen LogP contribution in [0.25, 0.3) is 90.3 Å². The summed E-state index contributed by atoms with van der Waals surface area (Å²) >= 11 is 0. The highest BCUT2D eigenvalue weighted by Gasteiger charge is 2.38. The predicted octanol–water partition coefficient (Wildman–Crippen LogP) is 19.0. The Kier molecular flexibility index (Phi) is 14.6. The molecule has 0 bridgehead atoms. The van der Waals surface area contributed by atoms with Gasteiger partial charge >= 0.3 is 0 Å². The minimum Gasteiger partial charge on any atom is -0.355 e. The van der Waals surface area contributed by atoms with E-state index < -0.39 is 5.41 Å². The Labute approximate surface area is 502 Å². The first-order valence-electron chi connectivity index (χ1n) is 29.6. The molecule has 0 atom stereocenters. The van der Waals surface area contributed by atoms with E-state index in [2.05, 4.69) is 274 Å². The van der Waals surface area contributed by atoms with Gasteiger partial charge < -0.3 is 10.7 Å². The minimum atomic E-state index is -0.532. The van der Waals surface area contributed by atoms with Crippen molar-refractivity contribution in [2.24, 2.45) is 0 Å². The van der Waals surface area contributed by atoms with Crippen LogP contribution in [-0.2, 0) is 5.41 Å². The highest BCUT2D eigenvalue weighted by molar-refractivity contribution is 6.11. The molecule has 0 spiro atoms. The highest BCUT2D eigenvalue weighted by Crippen LogP contribution is 2.48. The Balaban J connectivity index is 1.04. The van der Waals surface area contributed by atoms with Crippen LogP contribution in [-0.4, -0.2) is 35.1 Å². The molecule has 86 heavy (non-hydrogen) atoms. The van der Waals surface area contributed by atoms with Crippen molar-refractivity contribution in [3.63, 3.8) is 0 Å². The van der Waals surface area contributed by atoms with Gasteiger partial charge in [0.2, 0.25) is 0 Å². The Morgan fingerprint density at radius 2 is 0.674 bits per heavy atom. The zero-order chi connectivity index (χ0) is 57.7. The van der Waals surface area contributed by atoms with Gasteiger partial charge in [-0.25, -0.2) is 14.0 Å². The Morgan fingerprint density at radius 1 is 0.349 bits per heavy atom. The maximum absolute atomic E-state index is 9.48. The van der Waals surface area contributed by atoms with Crippen LogP contribution in [0.15, 0.2) is 303 Å². The lowest BCUT2D eigenvalue weighted by Crippen LogP contribution is -2.31. The van der Waals surface area contributed by atoms with Crippen LogP contribution in [0.5, 0.6) is 0 Å². The van der Waals surface area contributed by atoms with E-state index in [1.807, 2.05) is 48.5 Å². The van der Waals surface area contributed by atoms with Gasteiger partial charge in [0, 0.05) is 50.2 Å². The molecule has 13 aromatic rings. The molecule has 3 aromatic heterocycles. The number of anilines is 1. The largest absolute Gasteiger partial charge is 0.355 e. The summed E-state index contributed by atoms with van der Waals surface area (Å²) in [6.07, 6.45) is 6.90. The average molecular weight is 1110 g/mol. The Hall–Kier alpha value is -11.0. The van der Waals surface area contributed by atoms with Gasteiger partial charge in [-0.2, -0.15) is 15.3 Å². The number of benzene rings is 10. The fraction of sp³-hybridized carbons (Fsp3) is 0.0769. The van der Waals surface area contributed by atoms with E-state index in [4.69, 9.17) is 15.3 Å². The first-order chi connectivity index (χ1) is 42.5. The molecule has 1 aliphatic carbocycles. The van der Waals surface area contributed by atoms with Crippen molar-refractivity contribution >= 4 is 17.1 Å². The number of nitrogens with one attached hydrogen (secondary N) is 2. The number of nitrogens with zero attached hydrogens (tertiary/aromatic N) is 6. The van der Waals surface area contributed by atoms with E-state index in [0.29, 0.717) is 5.71 Å². The van der Waals surface area contributed by atoms with Gasteiger partial charge in [-0.1, -0.05) is 262 Å². The second kappa shape index (κ2) is 23.7. The van der Waals surface area contributed by atoms with Crippen molar-refractivity contribution in [2.45, 2.75) is 37.5 Å². The molecule has 414 valence electrons.